The van der Waals surface area contributed by atoms with E-state index in [1.165, 1.54) is 22.1 Å². The Morgan fingerprint density at radius 3 is 1.06 bits per heavy atom. The van der Waals surface area contributed by atoms with E-state index in [0.717, 1.165) is 133 Å². The van der Waals surface area contributed by atoms with Crippen molar-refractivity contribution in [2.45, 2.75) is 38.5 Å². The van der Waals surface area contributed by atoms with Gasteiger partial charge in [-0.3, -0.25) is 0 Å². The Balaban J connectivity index is 0.000000162. The minimum atomic E-state index is -0.655. The summed E-state index contributed by atoms with van der Waals surface area (Å²) in [6, 6.07) is 106. The fourth-order valence-electron chi connectivity index (χ4n) is 18.0. The number of hydrogen-bond donors (Lipinski definition) is 0. The smallest absolute Gasteiger partial charge is 0.0645 e. The van der Waals surface area contributed by atoms with Crippen molar-refractivity contribution in [3.63, 3.8) is 0 Å². The fourth-order valence-corrected chi connectivity index (χ4v) is 18.0. The molecule has 0 spiro atoms. The molecule has 0 bridgehead atoms. The van der Waals surface area contributed by atoms with Crippen LogP contribution in [0.4, 0.5) is 34.1 Å². The first-order chi connectivity index (χ1) is 64.7. The van der Waals surface area contributed by atoms with Crippen molar-refractivity contribution in [2.75, 3.05) is 9.80 Å². The summed E-state index contributed by atoms with van der Waals surface area (Å²) in [7, 11) is 0. The minimum Gasteiger partial charge on any atom is -0.310 e. The van der Waals surface area contributed by atoms with Crippen LogP contribution in [-0.2, 0) is 10.8 Å². The van der Waals surface area contributed by atoms with Crippen LogP contribution in [-0.4, -0.2) is 9.13 Å². The second-order valence-electron chi connectivity index (χ2n) is 31.0. The molecule has 22 rings (SSSR count). The normalized spacial score (nSPS) is 14.6. The molecular formula is C114H84N4. The molecule has 0 radical (unpaired) electrons. The number of aromatic nitrogens is 2. The summed E-state index contributed by atoms with van der Waals surface area (Å²) in [6.07, 6.45) is 0. The van der Waals surface area contributed by atoms with E-state index >= 15 is 0 Å². The number of nitrogens with zero attached hydrogens (tertiary/aromatic N) is 4. The zero-order valence-electron chi connectivity index (χ0n) is 81.1. The van der Waals surface area contributed by atoms with Gasteiger partial charge in [-0.05, 0) is 198 Å². The molecule has 0 N–H and O–H groups in total. The predicted octanol–water partition coefficient (Wildman–Crippen LogP) is 31.1. The molecule has 118 heavy (non-hydrogen) atoms. The maximum atomic E-state index is 9.89. The molecule has 20 aromatic rings. The lowest BCUT2D eigenvalue weighted by Gasteiger charge is -2.30. The summed E-state index contributed by atoms with van der Waals surface area (Å²) in [5.74, 6) is 0. The van der Waals surface area contributed by atoms with Crippen LogP contribution in [0, 0.1) is 0 Å². The van der Waals surface area contributed by atoms with Crippen molar-refractivity contribution in [3.05, 3.63) is 459 Å². The average Bonchev–Trinajstić information content (AvgIpc) is 1.46. The van der Waals surface area contributed by atoms with Crippen LogP contribution in [0.25, 0.3) is 144 Å². The van der Waals surface area contributed by atoms with E-state index in [1.54, 1.807) is 12.1 Å². The number of para-hydroxylation sites is 6. The van der Waals surface area contributed by atoms with Gasteiger partial charge in [-0.15, -0.1) is 0 Å². The van der Waals surface area contributed by atoms with E-state index in [1.807, 2.05) is 175 Å². The van der Waals surface area contributed by atoms with Gasteiger partial charge in [0.05, 0.1) is 66.7 Å². The number of anilines is 6. The minimum absolute atomic E-state index is 0.0253. The van der Waals surface area contributed by atoms with Crippen molar-refractivity contribution in [1.29, 1.82) is 0 Å². The summed E-state index contributed by atoms with van der Waals surface area (Å²) in [6.45, 7) is 8.61. The highest BCUT2D eigenvalue weighted by molar-refractivity contribution is 6.13. The average molecular weight is 1530 g/mol. The van der Waals surface area contributed by atoms with Crippen LogP contribution in [0.15, 0.2) is 436 Å². The molecule has 0 saturated heterocycles. The van der Waals surface area contributed by atoms with E-state index < -0.39 is 77.9 Å². The molecule has 0 aliphatic heterocycles. The van der Waals surface area contributed by atoms with E-state index in [0.29, 0.717) is 11.1 Å². The molecule has 0 unspecified atom stereocenters. The number of hydrogen-bond acceptors (Lipinski definition) is 2. The maximum Gasteiger partial charge on any atom is 0.0645 e. The summed E-state index contributed by atoms with van der Waals surface area (Å²) >= 11 is 0. The number of rotatable bonds is 14. The van der Waals surface area contributed by atoms with Gasteiger partial charge >= 0.3 is 0 Å². The van der Waals surface area contributed by atoms with Crippen molar-refractivity contribution < 1.29 is 21.9 Å². The number of fused-ring (bicyclic) bond motifs is 12. The zero-order valence-corrected chi connectivity index (χ0v) is 65.1. The van der Waals surface area contributed by atoms with Gasteiger partial charge in [0.15, 0.2) is 0 Å². The molecule has 2 aliphatic carbocycles. The van der Waals surface area contributed by atoms with Gasteiger partial charge in [-0.2, -0.15) is 0 Å². The topological polar surface area (TPSA) is 16.3 Å². The molecule has 4 heteroatoms. The predicted molar refractivity (Wildman–Crippen MR) is 499 cm³/mol. The summed E-state index contributed by atoms with van der Waals surface area (Å²) in [4.78, 5) is 3.27. The summed E-state index contributed by atoms with van der Waals surface area (Å²) < 4.78 is 154. The molecular weight excluding hydrogens is 1430 g/mol. The quantitative estimate of drug-likeness (QED) is 0.108. The maximum absolute atomic E-state index is 9.89. The largest absolute Gasteiger partial charge is 0.310 e. The summed E-state index contributed by atoms with van der Waals surface area (Å²) in [5.41, 5.74) is 22.0. The highest BCUT2D eigenvalue weighted by Gasteiger charge is 2.38. The van der Waals surface area contributed by atoms with Crippen LogP contribution in [0.5, 0.6) is 0 Å². The zero-order chi connectivity index (χ0) is 92.9. The van der Waals surface area contributed by atoms with Gasteiger partial charge in [0.1, 0.15) is 0 Å². The second kappa shape index (κ2) is 29.2. The monoisotopic (exact) mass is 1520 g/mol. The lowest BCUT2D eigenvalue weighted by atomic mass is 9.82. The Kier molecular flexibility index (Phi) is 13.8. The van der Waals surface area contributed by atoms with E-state index in [2.05, 4.69) is 188 Å². The molecule has 4 nitrogen and oxygen atoms in total. The SMILES string of the molecule is [2H]c1c([2H])c(N(c2ccc3c(c2)C(C)(C)c2ccccc2-3)c2ccccc2-c2ccccc2)c([2H])c([2H])c1-c1ccc2c(c1)c1ccccc1n2-c1ccccc1-c1ccccc1.[2H]c1cc(-c2c([2H])c([2H])c([2H])c([2H])c2[2H])c(N(c2ccc3c(c2)C(C)(C)c2ccccc2-3)c2c([2H])c([2H])c(-c3ccc4c(c3)c3ccccc3n4-c3ccccc3-c3ccccc3)c([2H])c2[2H])c([2H])c1[2H]. The molecule has 0 atom stereocenters. The Morgan fingerprint density at radius 2 is 0.576 bits per heavy atom. The van der Waals surface area contributed by atoms with Crippen molar-refractivity contribution in [1.82, 2.24) is 9.13 Å². The van der Waals surface area contributed by atoms with Gasteiger partial charge in [0.2, 0.25) is 0 Å². The molecule has 2 heterocycles. The Morgan fingerprint density at radius 1 is 0.212 bits per heavy atom. The van der Waals surface area contributed by atoms with Crippen LogP contribution < -0.4 is 9.80 Å². The van der Waals surface area contributed by atoms with E-state index in [9.17, 15) is 12.3 Å². The number of benzene rings is 18. The van der Waals surface area contributed by atoms with Crippen LogP contribution >= 0.6 is 0 Å². The fraction of sp³-hybridized carbons (Fsp3) is 0.0526. The van der Waals surface area contributed by atoms with Crippen LogP contribution in [0.3, 0.4) is 0 Å². The first-order valence-electron chi connectivity index (χ1n) is 47.7. The lowest BCUT2D eigenvalue weighted by molar-refractivity contribution is 0.660. The van der Waals surface area contributed by atoms with E-state index in [4.69, 9.17) is 9.60 Å². The Labute approximate surface area is 712 Å². The van der Waals surface area contributed by atoms with Gasteiger partial charge < -0.3 is 18.9 Å². The third kappa shape index (κ3) is 12.1. The molecule has 0 amide bonds. The highest BCUT2D eigenvalue weighted by atomic mass is 15.2. The standard InChI is InChI=1S/2C57H42N2/c2*1-57(2)51-25-13-9-23-47(51)48-35-34-44(38-52(48)57)58(53-26-14-10-21-45(53)40-17-5-3-6-18-40)43-32-29-39(30-33-43)42-31-36-56-50(37-42)49-24-12-16-28-55(49)59(56)54-27-15-11-22-46(54)41-19-7-4-8-20-41/h2*3-38H,1-2H3/i3D,5D,6D,10D,14D,17D,18D,26D,29D,30D,32D,33D;29D,30D,32D,33D. The second-order valence-corrected chi connectivity index (χ2v) is 31.0. The third-order valence-corrected chi connectivity index (χ3v) is 23.7. The van der Waals surface area contributed by atoms with Crippen molar-refractivity contribution in [2.24, 2.45) is 0 Å². The van der Waals surface area contributed by atoms with Gasteiger partial charge in [0.25, 0.3) is 0 Å². The molecule has 2 aromatic heterocycles. The van der Waals surface area contributed by atoms with E-state index in [-0.39, 0.29) is 74.6 Å². The van der Waals surface area contributed by atoms with Crippen molar-refractivity contribution in [3.8, 4) is 100 Å². The molecule has 18 aromatic carbocycles. The molecule has 560 valence electrons. The van der Waals surface area contributed by atoms with Crippen LogP contribution in [0.1, 0.15) is 71.9 Å². The van der Waals surface area contributed by atoms with Gasteiger partial charge in [0, 0.05) is 77.4 Å². The first-order valence-corrected chi connectivity index (χ1v) is 39.7. The van der Waals surface area contributed by atoms with Crippen LogP contribution in [0.2, 0.25) is 0 Å². The molecule has 0 saturated carbocycles. The van der Waals surface area contributed by atoms with Gasteiger partial charge in [-0.25, -0.2) is 0 Å². The first kappa shape index (κ1) is 55.6. The lowest BCUT2D eigenvalue weighted by Crippen LogP contribution is -2.16. The third-order valence-electron chi connectivity index (χ3n) is 23.7. The Hall–Kier alpha value is -14.8. The Bertz CT molecular complexity index is 8200. The molecule has 0 fully saturated rings. The molecule has 2 aliphatic rings. The van der Waals surface area contributed by atoms with Gasteiger partial charge in [-0.1, -0.05) is 355 Å². The van der Waals surface area contributed by atoms with Crippen molar-refractivity contribution >= 4 is 77.7 Å². The summed E-state index contributed by atoms with van der Waals surface area (Å²) in [5, 5.41) is 3.74. The highest BCUT2D eigenvalue weighted by Crippen LogP contribution is 2.54.